The molecule has 0 heterocycles. The van der Waals surface area contributed by atoms with Gasteiger partial charge >= 0.3 is 5.97 Å². The fraction of sp³-hybridized carbons (Fsp3) is 0.0455. The smallest absolute Gasteiger partial charge is 0.340 e. The molecular formula is C22H15FN2O3S. The summed E-state index contributed by atoms with van der Waals surface area (Å²) >= 11 is 1.24. The first-order valence-corrected chi connectivity index (χ1v) is 9.33. The van der Waals surface area contributed by atoms with Crippen LogP contribution in [0.2, 0.25) is 0 Å². The Morgan fingerprint density at radius 3 is 2.24 bits per heavy atom. The molecule has 1 unspecified atom stereocenters. The molecule has 1 atom stereocenters. The summed E-state index contributed by atoms with van der Waals surface area (Å²) < 4.78 is 18.5. The summed E-state index contributed by atoms with van der Waals surface area (Å²) in [7, 11) is 0. The van der Waals surface area contributed by atoms with Crippen molar-refractivity contribution < 1.29 is 18.7 Å². The maximum absolute atomic E-state index is 13.2. The summed E-state index contributed by atoms with van der Waals surface area (Å²) in [5.41, 5.74) is 6.35. The van der Waals surface area contributed by atoms with Crippen LogP contribution in [0.1, 0.15) is 27.6 Å². The molecule has 29 heavy (non-hydrogen) atoms. The zero-order chi connectivity index (χ0) is 20.8. The number of nitriles is 1. The zero-order valence-corrected chi connectivity index (χ0v) is 15.9. The van der Waals surface area contributed by atoms with Gasteiger partial charge in [-0.25, -0.2) is 9.18 Å². The molecule has 3 aromatic carbocycles. The molecule has 3 aromatic rings. The Balaban J connectivity index is 1.88. The first-order chi connectivity index (χ1) is 14.0. The standard InChI is InChI=1S/C22H15FN2O3S/c23-16-11-9-14(10-12-16)20(21(25)26)28-22(27)17-6-2-4-8-19(17)29-18-7-3-1-5-15(18)13-24/h1-12,20H,(H2,25,26). The van der Waals surface area contributed by atoms with Crippen LogP contribution in [-0.2, 0) is 9.53 Å². The van der Waals surface area contributed by atoms with Crippen LogP contribution in [0.4, 0.5) is 4.39 Å². The fourth-order valence-electron chi connectivity index (χ4n) is 2.59. The number of rotatable bonds is 6. The predicted molar refractivity (Wildman–Crippen MR) is 105 cm³/mol. The minimum Gasteiger partial charge on any atom is -0.444 e. The molecule has 2 N–H and O–H groups in total. The van der Waals surface area contributed by atoms with Gasteiger partial charge in [0.15, 0.2) is 0 Å². The minimum absolute atomic E-state index is 0.221. The Morgan fingerprint density at radius 1 is 0.966 bits per heavy atom. The van der Waals surface area contributed by atoms with Crippen molar-refractivity contribution in [2.24, 2.45) is 5.73 Å². The first-order valence-electron chi connectivity index (χ1n) is 8.51. The third-order valence-corrected chi connectivity index (χ3v) is 5.14. The number of benzene rings is 3. The number of amides is 1. The van der Waals surface area contributed by atoms with E-state index in [4.69, 9.17) is 10.5 Å². The highest BCUT2D eigenvalue weighted by molar-refractivity contribution is 7.99. The number of carbonyl (C=O) groups excluding carboxylic acids is 2. The van der Waals surface area contributed by atoms with Gasteiger partial charge in [-0.1, -0.05) is 48.2 Å². The van der Waals surface area contributed by atoms with Gasteiger partial charge in [0.1, 0.15) is 11.9 Å². The quantitative estimate of drug-likeness (QED) is 0.618. The summed E-state index contributed by atoms with van der Waals surface area (Å²) in [6.45, 7) is 0. The first kappa shape index (κ1) is 20.1. The molecule has 0 fully saturated rings. The summed E-state index contributed by atoms with van der Waals surface area (Å²) in [5, 5.41) is 9.27. The van der Waals surface area contributed by atoms with E-state index in [2.05, 4.69) is 6.07 Å². The van der Waals surface area contributed by atoms with E-state index in [-0.39, 0.29) is 11.1 Å². The van der Waals surface area contributed by atoms with Crippen molar-refractivity contribution in [2.75, 3.05) is 0 Å². The van der Waals surface area contributed by atoms with E-state index in [9.17, 15) is 19.2 Å². The van der Waals surface area contributed by atoms with Gasteiger partial charge < -0.3 is 10.5 Å². The Bertz CT molecular complexity index is 1090. The van der Waals surface area contributed by atoms with Gasteiger partial charge in [0.2, 0.25) is 6.10 Å². The lowest BCUT2D eigenvalue weighted by molar-refractivity contribution is -0.127. The van der Waals surface area contributed by atoms with E-state index in [1.807, 2.05) is 0 Å². The number of primary amides is 1. The van der Waals surface area contributed by atoms with Gasteiger partial charge in [-0.3, -0.25) is 4.79 Å². The Hall–Kier alpha value is -3.63. The maximum atomic E-state index is 13.2. The Labute approximate surface area is 170 Å². The number of ether oxygens (including phenoxy) is 1. The molecule has 0 aliphatic rings. The van der Waals surface area contributed by atoms with Crippen molar-refractivity contribution in [1.82, 2.24) is 0 Å². The summed E-state index contributed by atoms with van der Waals surface area (Å²) in [5.74, 6) is -2.11. The van der Waals surface area contributed by atoms with E-state index >= 15 is 0 Å². The summed E-state index contributed by atoms with van der Waals surface area (Å²) in [6.07, 6.45) is -1.35. The molecule has 0 aliphatic heterocycles. The number of hydrogen-bond acceptors (Lipinski definition) is 5. The van der Waals surface area contributed by atoms with Crippen LogP contribution >= 0.6 is 11.8 Å². The SMILES string of the molecule is N#Cc1ccccc1Sc1ccccc1C(=O)OC(C(N)=O)c1ccc(F)cc1. The van der Waals surface area contributed by atoms with Crippen molar-refractivity contribution in [3.8, 4) is 6.07 Å². The summed E-state index contributed by atoms with van der Waals surface area (Å²) in [6, 6.07) is 20.8. The normalized spacial score (nSPS) is 11.3. The van der Waals surface area contributed by atoms with Crippen LogP contribution < -0.4 is 5.73 Å². The van der Waals surface area contributed by atoms with Crippen molar-refractivity contribution >= 4 is 23.6 Å². The lowest BCUT2D eigenvalue weighted by Gasteiger charge is -2.16. The highest BCUT2D eigenvalue weighted by Crippen LogP contribution is 2.33. The lowest BCUT2D eigenvalue weighted by atomic mass is 10.1. The van der Waals surface area contributed by atoms with Crippen LogP contribution in [-0.4, -0.2) is 11.9 Å². The minimum atomic E-state index is -1.35. The monoisotopic (exact) mass is 406 g/mol. The molecule has 0 aromatic heterocycles. The van der Waals surface area contributed by atoms with E-state index in [1.165, 1.54) is 23.9 Å². The number of nitrogens with zero attached hydrogens (tertiary/aromatic N) is 1. The molecule has 1 amide bonds. The van der Waals surface area contributed by atoms with Crippen molar-refractivity contribution in [2.45, 2.75) is 15.9 Å². The van der Waals surface area contributed by atoms with E-state index < -0.39 is 23.8 Å². The highest BCUT2D eigenvalue weighted by atomic mass is 32.2. The van der Waals surface area contributed by atoms with Crippen molar-refractivity contribution in [3.05, 3.63) is 95.3 Å². The van der Waals surface area contributed by atoms with Gasteiger partial charge in [-0.2, -0.15) is 5.26 Å². The van der Waals surface area contributed by atoms with Gasteiger partial charge in [0, 0.05) is 15.4 Å². The highest BCUT2D eigenvalue weighted by Gasteiger charge is 2.25. The van der Waals surface area contributed by atoms with Gasteiger partial charge in [-0.15, -0.1) is 0 Å². The molecular weight excluding hydrogens is 391 g/mol. The molecule has 0 bridgehead atoms. The van der Waals surface area contributed by atoms with Gasteiger partial charge in [0.25, 0.3) is 5.91 Å². The third kappa shape index (κ3) is 4.81. The van der Waals surface area contributed by atoms with Crippen LogP contribution in [0, 0.1) is 17.1 Å². The molecule has 144 valence electrons. The van der Waals surface area contributed by atoms with Crippen LogP contribution in [0.25, 0.3) is 0 Å². The molecule has 3 rings (SSSR count). The number of esters is 1. The van der Waals surface area contributed by atoms with Gasteiger partial charge in [-0.05, 0) is 36.4 Å². The molecule has 0 saturated heterocycles. The van der Waals surface area contributed by atoms with Crippen molar-refractivity contribution in [1.29, 1.82) is 5.26 Å². The van der Waals surface area contributed by atoms with Gasteiger partial charge in [0.05, 0.1) is 11.1 Å². The van der Waals surface area contributed by atoms with Crippen molar-refractivity contribution in [3.63, 3.8) is 0 Å². The molecule has 0 saturated carbocycles. The summed E-state index contributed by atoms with van der Waals surface area (Å²) in [4.78, 5) is 25.8. The molecule has 0 spiro atoms. The lowest BCUT2D eigenvalue weighted by Crippen LogP contribution is -2.26. The van der Waals surface area contributed by atoms with Crippen LogP contribution in [0.15, 0.2) is 82.6 Å². The molecule has 0 aliphatic carbocycles. The Kier molecular flexibility index (Phi) is 6.27. The second kappa shape index (κ2) is 9.04. The average molecular weight is 406 g/mol. The van der Waals surface area contributed by atoms with Crippen LogP contribution in [0.5, 0.6) is 0 Å². The second-order valence-corrected chi connectivity index (χ2v) is 7.03. The number of carbonyl (C=O) groups is 2. The molecule has 0 radical (unpaired) electrons. The zero-order valence-electron chi connectivity index (χ0n) is 15.0. The predicted octanol–water partition coefficient (Wildman–Crippen LogP) is 4.23. The molecule has 5 nitrogen and oxygen atoms in total. The second-order valence-electron chi connectivity index (χ2n) is 5.95. The fourth-order valence-corrected chi connectivity index (χ4v) is 3.60. The number of halogens is 1. The number of nitrogens with two attached hydrogens (primary N) is 1. The topological polar surface area (TPSA) is 93.2 Å². The Morgan fingerprint density at radius 2 is 1.59 bits per heavy atom. The largest absolute Gasteiger partial charge is 0.444 e. The average Bonchev–Trinajstić information content (AvgIpc) is 2.73. The third-order valence-electron chi connectivity index (χ3n) is 3.99. The van der Waals surface area contributed by atoms with Crippen LogP contribution in [0.3, 0.4) is 0 Å². The number of hydrogen-bond donors (Lipinski definition) is 1. The van der Waals surface area contributed by atoms with E-state index in [0.29, 0.717) is 15.4 Å². The van der Waals surface area contributed by atoms with E-state index in [1.54, 1.807) is 48.5 Å². The maximum Gasteiger partial charge on any atom is 0.340 e. The van der Waals surface area contributed by atoms with E-state index in [0.717, 1.165) is 12.1 Å². The molecule has 7 heteroatoms.